The van der Waals surface area contributed by atoms with Gasteiger partial charge in [-0.3, -0.25) is 4.79 Å². The number of aromatic amines is 1. The van der Waals surface area contributed by atoms with Crippen LogP contribution in [0.5, 0.6) is 0 Å². The monoisotopic (exact) mass is 361 g/mol. The van der Waals surface area contributed by atoms with Gasteiger partial charge in [-0.05, 0) is 36.8 Å². The van der Waals surface area contributed by atoms with Gasteiger partial charge in [0, 0.05) is 17.9 Å². The van der Waals surface area contributed by atoms with Gasteiger partial charge in [0.2, 0.25) is 11.9 Å². The summed E-state index contributed by atoms with van der Waals surface area (Å²) in [7, 11) is 0. The number of imidazole rings is 1. The topological polar surface area (TPSA) is 75.6 Å². The number of carbonyl (C=O) groups is 1. The summed E-state index contributed by atoms with van der Waals surface area (Å²) in [6.45, 7) is 1.89. The molecule has 0 radical (unpaired) electrons. The first-order valence-electron chi connectivity index (χ1n) is 8.70. The number of carbonyl (C=O) groups excluding carboxylic acids is 1. The fourth-order valence-corrected chi connectivity index (χ4v) is 3.75. The molecule has 2 aromatic heterocycles. The van der Waals surface area contributed by atoms with Crippen molar-refractivity contribution in [1.29, 1.82) is 0 Å². The Hall–Kier alpha value is -3.48. The predicted molar refractivity (Wildman–Crippen MR) is 99.4 cm³/mol. The van der Waals surface area contributed by atoms with Crippen molar-refractivity contribution in [2.45, 2.75) is 19.3 Å². The van der Waals surface area contributed by atoms with E-state index in [0.29, 0.717) is 11.8 Å². The molecule has 0 spiro atoms. The summed E-state index contributed by atoms with van der Waals surface area (Å²) in [5.74, 6) is 0.414. The maximum absolute atomic E-state index is 13.7. The SMILES string of the molecule is Cc1nn(-c2nc3ccccc3[nH]2)c2c1C(c1cccc(F)c1)CC(=O)N2. The lowest BCUT2D eigenvalue weighted by Crippen LogP contribution is -2.25. The molecule has 2 aromatic carbocycles. The lowest BCUT2D eigenvalue weighted by Gasteiger charge is -2.24. The van der Waals surface area contributed by atoms with Crippen molar-refractivity contribution in [2.24, 2.45) is 0 Å². The Morgan fingerprint density at radius 3 is 2.85 bits per heavy atom. The number of anilines is 1. The van der Waals surface area contributed by atoms with E-state index in [2.05, 4.69) is 20.4 Å². The Bertz CT molecular complexity index is 1160. The molecule has 3 heterocycles. The van der Waals surface area contributed by atoms with Crippen molar-refractivity contribution < 1.29 is 9.18 Å². The minimum atomic E-state index is -0.317. The van der Waals surface area contributed by atoms with Crippen LogP contribution in [-0.4, -0.2) is 25.7 Å². The lowest BCUT2D eigenvalue weighted by atomic mass is 9.86. The molecular formula is C20H16FN5O. The molecule has 2 N–H and O–H groups in total. The van der Waals surface area contributed by atoms with Crippen molar-refractivity contribution in [1.82, 2.24) is 19.7 Å². The fraction of sp³-hybridized carbons (Fsp3) is 0.150. The molecule has 27 heavy (non-hydrogen) atoms. The highest BCUT2D eigenvalue weighted by atomic mass is 19.1. The fourth-order valence-electron chi connectivity index (χ4n) is 3.75. The Balaban J connectivity index is 1.69. The number of benzene rings is 2. The number of fused-ring (bicyclic) bond motifs is 2. The highest BCUT2D eigenvalue weighted by Gasteiger charge is 2.33. The molecule has 5 rings (SSSR count). The quantitative estimate of drug-likeness (QED) is 0.572. The van der Waals surface area contributed by atoms with Crippen LogP contribution in [0.25, 0.3) is 17.0 Å². The van der Waals surface area contributed by atoms with Crippen molar-refractivity contribution in [2.75, 3.05) is 5.32 Å². The average Bonchev–Trinajstić information content (AvgIpc) is 3.22. The number of H-pyrrole nitrogens is 1. The largest absolute Gasteiger partial charge is 0.322 e. The van der Waals surface area contributed by atoms with Crippen molar-refractivity contribution >= 4 is 22.8 Å². The normalized spacial score (nSPS) is 16.4. The predicted octanol–water partition coefficient (Wildman–Crippen LogP) is 3.67. The van der Waals surface area contributed by atoms with E-state index in [-0.39, 0.29) is 24.1 Å². The Labute approximate surface area is 154 Å². The Morgan fingerprint density at radius 2 is 2.04 bits per heavy atom. The van der Waals surface area contributed by atoms with Gasteiger partial charge in [0.15, 0.2) is 0 Å². The number of halogens is 1. The number of hydrogen-bond donors (Lipinski definition) is 2. The zero-order chi connectivity index (χ0) is 18.5. The van der Waals surface area contributed by atoms with Gasteiger partial charge < -0.3 is 10.3 Å². The number of hydrogen-bond acceptors (Lipinski definition) is 3. The Morgan fingerprint density at radius 1 is 1.19 bits per heavy atom. The average molecular weight is 361 g/mol. The molecule has 1 amide bonds. The first kappa shape index (κ1) is 15.7. The number of nitrogens with one attached hydrogen (secondary N) is 2. The van der Waals surface area contributed by atoms with E-state index < -0.39 is 0 Å². The van der Waals surface area contributed by atoms with Crippen LogP contribution in [0.3, 0.4) is 0 Å². The number of aryl methyl sites for hydroxylation is 1. The molecule has 134 valence electrons. The highest BCUT2D eigenvalue weighted by Crippen LogP contribution is 2.40. The van der Waals surface area contributed by atoms with Crippen LogP contribution in [0.2, 0.25) is 0 Å². The zero-order valence-corrected chi connectivity index (χ0v) is 14.5. The molecule has 1 aliphatic rings. The van der Waals surface area contributed by atoms with Gasteiger partial charge in [-0.25, -0.2) is 9.37 Å². The second kappa shape index (κ2) is 5.77. The van der Waals surface area contributed by atoms with E-state index in [1.54, 1.807) is 10.7 Å². The Kier molecular flexibility index (Phi) is 3.36. The van der Waals surface area contributed by atoms with Crippen LogP contribution < -0.4 is 5.32 Å². The van der Waals surface area contributed by atoms with Crippen LogP contribution >= 0.6 is 0 Å². The third kappa shape index (κ3) is 2.51. The van der Waals surface area contributed by atoms with Crippen molar-refractivity contribution in [3.05, 3.63) is 71.2 Å². The van der Waals surface area contributed by atoms with Gasteiger partial charge in [-0.1, -0.05) is 24.3 Å². The van der Waals surface area contributed by atoms with Gasteiger partial charge in [0.25, 0.3) is 0 Å². The second-order valence-electron chi connectivity index (χ2n) is 6.70. The minimum Gasteiger partial charge on any atom is -0.322 e. The standard InChI is InChI=1S/C20H16FN5O/c1-11-18-14(12-5-4-6-13(21)9-12)10-17(27)24-19(18)26(25-11)20-22-15-7-2-3-8-16(15)23-20/h2-9,14H,10H2,1H3,(H,22,23)(H,24,27). The molecule has 1 atom stereocenters. The molecule has 0 bridgehead atoms. The van der Waals surface area contributed by atoms with E-state index in [1.807, 2.05) is 37.3 Å². The molecule has 0 aliphatic carbocycles. The molecule has 7 heteroatoms. The first-order valence-corrected chi connectivity index (χ1v) is 8.70. The summed E-state index contributed by atoms with van der Waals surface area (Å²) in [6.07, 6.45) is 0.253. The second-order valence-corrected chi connectivity index (χ2v) is 6.70. The van der Waals surface area contributed by atoms with Gasteiger partial charge in [-0.15, -0.1) is 0 Å². The van der Waals surface area contributed by atoms with Crippen LogP contribution in [0.15, 0.2) is 48.5 Å². The van der Waals surface area contributed by atoms with Crippen LogP contribution in [0, 0.1) is 12.7 Å². The highest BCUT2D eigenvalue weighted by molar-refractivity contribution is 5.95. The molecule has 1 unspecified atom stereocenters. The van der Waals surface area contributed by atoms with E-state index in [1.165, 1.54) is 12.1 Å². The van der Waals surface area contributed by atoms with Crippen LogP contribution in [0.1, 0.15) is 29.2 Å². The summed E-state index contributed by atoms with van der Waals surface area (Å²) in [6, 6.07) is 14.1. The smallest absolute Gasteiger partial charge is 0.231 e. The zero-order valence-electron chi connectivity index (χ0n) is 14.5. The van der Waals surface area contributed by atoms with Gasteiger partial charge in [0.05, 0.1) is 16.7 Å². The molecule has 0 fully saturated rings. The van der Waals surface area contributed by atoms with E-state index in [4.69, 9.17) is 0 Å². The summed E-state index contributed by atoms with van der Waals surface area (Å²) < 4.78 is 15.4. The molecule has 1 aliphatic heterocycles. The number of amides is 1. The third-order valence-electron chi connectivity index (χ3n) is 4.93. The molecule has 6 nitrogen and oxygen atoms in total. The van der Waals surface area contributed by atoms with Crippen LogP contribution in [-0.2, 0) is 4.79 Å². The summed E-state index contributed by atoms with van der Waals surface area (Å²) >= 11 is 0. The third-order valence-corrected chi connectivity index (χ3v) is 4.93. The van der Waals surface area contributed by atoms with Crippen molar-refractivity contribution in [3.63, 3.8) is 0 Å². The first-order chi connectivity index (χ1) is 13.1. The summed E-state index contributed by atoms with van der Waals surface area (Å²) in [4.78, 5) is 20.2. The molecule has 0 saturated carbocycles. The molecule has 4 aromatic rings. The number of para-hydroxylation sites is 2. The van der Waals surface area contributed by atoms with Crippen molar-refractivity contribution in [3.8, 4) is 5.95 Å². The summed E-state index contributed by atoms with van der Waals surface area (Å²) in [5.41, 5.74) is 4.13. The lowest BCUT2D eigenvalue weighted by molar-refractivity contribution is -0.116. The number of rotatable bonds is 2. The number of nitrogens with zero attached hydrogens (tertiary/aromatic N) is 3. The van der Waals surface area contributed by atoms with Gasteiger partial charge in [0.1, 0.15) is 11.6 Å². The van der Waals surface area contributed by atoms with E-state index in [9.17, 15) is 9.18 Å². The van der Waals surface area contributed by atoms with Gasteiger partial charge in [-0.2, -0.15) is 9.78 Å². The minimum absolute atomic E-state index is 0.131. The number of aromatic nitrogens is 4. The molecule has 0 saturated heterocycles. The van der Waals surface area contributed by atoms with E-state index in [0.717, 1.165) is 27.9 Å². The maximum atomic E-state index is 13.7. The summed E-state index contributed by atoms with van der Waals surface area (Å²) in [5, 5.41) is 7.52. The van der Waals surface area contributed by atoms with Gasteiger partial charge >= 0.3 is 0 Å². The van der Waals surface area contributed by atoms with E-state index >= 15 is 0 Å². The molecular weight excluding hydrogens is 345 g/mol. The van der Waals surface area contributed by atoms with Crippen LogP contribution in [0.4, 0.5) is 10.2 Å². The maximum Gasteiger partial charge on any atom is 0.231 e.